The standard InChI is InChI=1S/C12H16FNS/c1-9-4-5-10(7-12(9)13)14-11-3-2-6-15-8-11/h4-5,7,11,14H,2-3,6,8H2,1H3/t11-/m1/s1. The van der Waals surface area contributed by atoms with Gasteiger partial charge in [-0.1, -0.05) is 6.07 Å². The van der Waals surface area contributed by atoms with Gasteiger partial charge in [0.2, 0.25) is 0 Å². The molecule has 0 aliphatic carbocycles. The second-order valence-electron chi connectivity index (χ2n) is 4.02. The van der Waals surface area contributed by atoms with E-state index in [1.165, 1.54) is 18.6 Å². The molecule has 1 fully saturated rings. The molecule has 1 nitrogen and oxygen atoms in total. The van der Waals surface area contributed by atoms with E-state index in [1.54, 1.807) is 13.0 Å². The number of aryl methyl sites for hydroxylation is 1. The Morgan fingerprint density at radius 1 is 1.47 bits per heavy atom. The van der Waals surface area contributed by atoms with Gasteiger partial charge in [-0.3, -0.25) is 0 Å². The third kappa shape index (κ3) is 2.88. The van der Waals surface area contributed by atoms with Crippen molar-refractivity contribution in [2.24, 2.45) is 0 Å². The molecular formula is C12H16FNS. The van der Waals surface area contributed by atoms with Crippen molar-refractivity contribution in [3.8, 4) is 0 Å². The van der Waals surface area contributed by atoms with Gasteiger partial charge in [-0.2, -0.15) is 11.8 Å². The van der Waals surface area contributed by atoms with Gasteiger partial charge in [0.15, 0.2) is 0 Å². The number of nitrogens with one attached hydrogen (secondary N) is 1. The Balaban J connectivity index is 2.00. The maximum absolute atomic E-state index is 13.3. The lowest BCUT2D eigenvalue weighted by Gasteiger charge is -2.23. The zero-order valence-electron chi connectivity index (χ0n) is 8.92. The highest BCUT2D eigenvalue weighted by Crippen LogP contribution is 2.21. The molecule has 1 aromatic carbocycles. The molecule has 82 valence electrons. The van der Waals surface area contributed by atoms with Crippen molar-refractivity contribution in [3.05, 3.63) is 29.6 Å². The number of anilines is 1. The SMILES string of the molecule is Cc1ccc(N[C@@H]2CCCSC2)cc1F. The molecule has 1 aliphatic heterocycles. The first kappa shape index (κ1) is 10.8. The third-order valence-electron chi connectivity index (χ3n) is 2.70. The monoisotopic (exact) mass is 225 g/mol. The summed E-state index contributed by atoms with van der Waals surface area (Å²) in [5.74, 6) is 2.28. The van der Waals surface area contributed by atoms with Gasteiger partial charge >= 0.3 is 0 Å². The Bertz CT molecular complexity index is 334. The van der Waals surface area contributed by atoms with Crippen LogP contribution in [0.4, 0.5) is 10.1 Å². The number of hydrogen-bond donors (Lipinski definition) is 1. The maximum atomic E-state index is 13.3. The lowest BCUT2D eigenvalue weighted by atomic mass is 10.1. The molecule has 0 bridgehead atoms. The summed E-state index contributed by atoms with van der Waals surface area (Å²) >= 11 is 1.97. The van der Waals surface area contributed by atoms with Crippen molar-refractivity contribution in [1.29, 1.82) is 0 Å². The van der Waals surface area contributed by atoms with E-state index >= 15 is 0 Å². The molecule has 1 atom stereocenters. The zero-order valence-corrected chi connectivity index (χ0v) is 9.74. The van der Waals surface area contributed by atoms with Crippen LogP contribution in [0.25, 0.3) is 0 Å². The summed E-state index contributed by atoms with van der Waals surface area (Å²) in [6, 6.07) is 5.88. The summed E-state index contributed by atoms with van der Waals surface area (Å²) in [5.41, 5.74) is 1.61. The van der Waals surface area contributed by atoms with E-state index in [-0.39, 0.29) is 5.82 Å². The highest BCUT2D eigenvalue weighted by molar-refractivity contribution is 7.99. The minimum absolute atomic E-state index is 0.122. The highest BCUT2D eigenvalue weighted by atomic mass is 32.2. The molecule has 1 saturated heterocycles. The van der Waals surface area contributed by atoms with Gasteiger partial charge in [-0.25, -0.2) is 4.39 Å². The summed E-state index contributed by atoms with van der Waals surface area (Å²) in [7, 11) is 0. The van der Waals surface area contributed by atoms with Crippen LogP contribution in [0.5, 0.6) is 0 Å². The van der Waals surface area contributed by atoms with Crippen LogP contribution in [-0.4, -0.2) is 17.5 Å². The highest BCUT2D eigenvalue weighted by Gasteiger charge is 2.13. The average molecular weight is 225 g/mol. The van der Waals surface area contributed by atoms with E-state index in [0.717, 1.165) is 11.4 Å². The van der Waals surface area contributed by atoms with Crippen LogP contribution in [-0.2, 0) is 0 Å². The molecule has 1 aromatic rings. The second kappa shape index (κ2) is 4.88. The molecule has 1 heterocycles. The lowest BCUT2D eigenvalue weighted by Crippen LogP contribution is -2.25. The van der Waals surface area contributed by atoms with Crippen molar-refractivity contribution in [1.82, 2.24) is 0 Å². The van der Waals surface area contributed by atoms with E-state index in [9.17, 15) is 4.39 Å². The lowest BCUT2D eigenvalue weighted by molar-refractivity contribution is 0.617. The quantitative estimate of drug-likeness (QED) is 0.827. The molecule has 0 spiro atoms. The first-order valence-electron chi connectivity index (χ1n) is 5.36. The Morgan fingerprint density at radius 3 is 3.00 bits per heavy atom. The van der Waals surface area contributed by atoms with Gasteiger partial charge in [0.05, 0.1) is 0 Å². The van der Waals surface area contributed by atoms with E-state index in [2.05, 4.69) is 5.32 Å². The number of rotatable bonds is 2. The van der Waals surface area contributed by atoms with E-state index in [0.29, 0.717) is 11.6 Å². The minimum atomic E-state index is -0.122. The van der Waals surface area contributed by atoms with Crippen molar-refractivity contribution >= 4 is 17.4 Å². The summed E-state index contributed by atoms with van der Waals surface area (Å²) in [4.78, 5) is 0. The van der Waals surface area contributed by atoms with Crippen LogP contribution in [0.1, 0.15) is 18.4 Å². The van der Waals surface area contributed by atoms with Gasteiger partial charge in [-0.15, -0.1) is 0 Å². The molecule has 0 aromatic heterocycles. The smallest absolute Gasteiger partial charge is 0.128 e. The maximum Gasteiger partial charge on any atom is 0.128 e. The van der Waals surface area contributed by atoms with E-state index in [4.69, 9.17) is 0 Å². The molecule has 3 heteroatoms. The van der Waals surface area contributed by atoms with Crippen molar-refractivity contribution in [2.45, 2.75) is 25.8 Å². The van der Waals surface area contributed by atoms with E-state index < -0.39 is 0 Å². The Kier molecular flexibility index (Phi) is 3.52. The van der Waals surface area contributed by atoms with Gasteiger partial charge in [0.1, 0.15) is 5.82 Å². The molecule has 0 saturated carbocycles. The van der Waals surface area contributed by atoms with Crippen molar-refractivity contribution in [3.63, 3.8) is 0 Å². The Hall–Kier alpha value is -0.700. The number of hydrogen-bond acceptors (Lipinski definition) is 2. The van der Waals surface area contributed by atoms with Gasteiger partial charge in [0, 0.05) is 17.5 Å². The van der Waals surface area contributed by atoms with Crippen LogP contribution in [0.3, 0.4) is 0 Å². The van der Waals surface area contributed by atoms with Crippen molar-refractivity contribution in [2.75, 3.05) is 16.8 Å². The average Bonchev–Trinajstić information content (AvgIpc) is 2.25. The Labute approximate surface area is 94.5 Å². The fourth-order valence-corrected chi connectivity index (χ4v) is 2.84. The molecule has 0 amide bonds. The minimum Gasteiger partial charge on any atom is -0.381 e. The number of halogens is 1. The molecular weight excluding hydrogens is 209 g/mol. The van der Waals surface area contributed by atoms with Crippen molar-refractivity contribution < 1.29 is 4.39 Å². The molecule has 1 aliphatic rings. The van der Waals surface area contributed by atoms with Gasteiger partial charge in [0.25, 0.3) is 0 Å². The van der Waals surface area contributed by atoms with Gasteiger partial charge in [-0.05, 0) is 43.2 Å². The third-order valence-corrected chi connectivity index (χ3v) is 3.92. The molecule has 0 unspecified atom stereocenters. The van der Waals surface area contributed by atoms with Gasteiger partial charge < -0.3 is 5.32 Å². The second-order valence-corrected chi connectivity index (χ2v) is 5.17. The van der Waals surface area contributed by atoms with Crippen LogP contribution in [0.15, 0.2) is 18.2 Å². The van der Waals surface area contributed by atoms with Crippen LogP contribution < -0.4 is 5.32 Å². The molecule has 15 heavy (non-hydrogen) atoms. The Morgan fingerprint density at radius 2 is 2.33 bits per heavy atom. The van der Waals surface area contributed by atoms with Crippen LogP contribution >= 0.6 is 11.8 Å². The topological polar surface area (TPSA) is 12.0 Å². The molecule has 0 radical (unpaired) electrons. The van der Waals surface area contributed by atoms with Crippen LogP contribution in [0, 0.1) is 12.7 Å². The normalized spacial score (nSPS) is 21.3. The summed E-state index contributed by atoms with van der Waals surface area (Å²) in [5, 5.41) is 3.39. The largest absolute Gasteiger partial charge is 0.381 e. The zero-order chi connectivity index (χ0) is 10.7. The van der Waals surface area contributed by atoms with Crippen LogP contribution in [0.2, 0.25) is 0 Å². The molecule has 1 N–H and O–H groups in total. The first-order valence-corrected chi connectivity index (χ1v) is 6.51. The predicted molar refractivity (Wildman–Crippen MR) is 65.1 cm³/mol. The molecule has 2 rings (SSSR count). The number of thioether (sulfide) groups is 1. The summed E-state index contributed by atoms with van der Waals surface area (Å²) < 4.78 is 13.3. The fraction of sp³-hybridized carbons (Fsp3) is 0.500. The van der Waals surface area contributed by atoms with E-state index in [1.807, 2.05) is 23.9 Å². The number of benzene rings is 1. The first-order chi connectivity index (χ1) is 7.25. The fourth-order valence-electron chi connectivity index (χ4n) is 1.77. The summed E-state index contributed by atoms with van der Waals surface area (Å²) in [6.45, 7) is 1.79. The predicted octanol–water partition coefficient (Wildman–Crippen LogP) is 3.44. The summed E-state index contributed by atoms with van der Waals surface area (Å²) in [6.07, 6.45) is 2.46.